The molecule has 1 rings (SSSR count). The molecule has 1 heterocycles. The molecule has 0 bridgehead atoms. The first-order chi connectivity index (χ1) is 5.64. The van der Waals surface area contributed by atoms with Gasteiger partial charge >= 0.3 is 0 Å². The van der Waals surface area contributed by atoms with Crippen molar-refractivity contribution < 1.29 is 10.0 Å². The molecule has 0 atom stereocenters. The van der Waals surface area contributed by atoms with Gasteiger partial charge in [0.15, 0.2) is 0 Å². The number of aliphatic hydroxyl groups is 1. The van der Waals surface area contributed by atoms with Gasteiger partial charge in [-0.3, -0.25) is 15.0 Å². The summed E-state index contributed by atoms with van der Waals surface area (Å²) in [6.45, 7) is 4.44. The molecule has 5 nitrogen and oxygen atoms in total. The monoisotopic (exact) mass is 172 g/mol. The maximum absolute atomic E-state index is 10.5. The summed E-state index contributed by atoms with van der Waals surface area (Å²) in [6, 6.07) is 0. The van der Waals surface area contributed by atoms with Gasteiger partial charge in [0.2, 0.25) is 0 Å². The van der Waals surface area contributed by atoms with Crippen molar-refractivity contribution in [1.82, 2.24) is 4.90 Å². The van der Waals surface area contributed by atoms with E-state index < -0.39 is 10.5 Å². The third-order valence-electron chi connectivity index (χ3n) is 2.10. The molecule has 0 radical (unpaired) electrons. The Kier molecular flexibility index (Phi) is 2.44. The van der Waals surface area contributed by atoms with Crippen molar-refractivity contribution >= 4 is 0 Å². The van der Waals surface area contributed by atoms with Crippen LogP contribution in [0.2, 0.25) is 0 Å². The van der Waals surface area contributed by atoms with Gasteiger partial charge in [-0.05, 0) is 0 Å². The number of aliphatic hydroxyl groups excluding tert-OH is 1. The Bertz CT molecular complexity index is 199. The minimum Gasteiger partial charge on any atom is -0.389 e. The van der Waals surface area contributed by atoms with Gasteiger partial charge in [-0.15, -0.1) is 6.58 Å². The third kappa shape index (κ3) is 1.33. The van der Waals surface area contributed by atoms with Crippen molar-refractivity contribution in [3.63, 3.8) is 0 Å². The lowest BCUT2D eigenvalue weighted by atomic mass is 9.92. The fourth-order valence-electron chi connectivity index (χ4n) is 1.37. The van der Waals surface area contributed by atoms with Gasteiger partial charge in [0.25, 0.3) is 5.54 Å². The van der Waals surface area contributed by atoms with E-state index in [1.165, 1.54) is 0 Å². The molecule has 0 amide bonds. The molecule has 1 saturated heterocycles. The second-order valence-electron chi connectivity index (χ2n) is 3.10. The van der Waals surface area contributed by atoms with Crippen LogP contribution in [0.5, 0.6) is 0 Å². The van der Waals surface area contributed by atoms with Crippen LogP contribution in [0.15, 0.2) is 12.7 Å². The standard InChI is InChI=1S/C7H12N2O3/c1-2-3-8-4-7(5-8,6-10)9(11)12/h2,10H,1,3-6H2. The predicted molar refractivity (Wildman–Crippen MR) is 43.4 cm³/mol. The lowest BCUT2D eigenvalue weighted by molar-refractivity contribution is -0.592. The lowest BCUT2D eigenvalue weighted by Crippen LogP contribution is -2.67. The van der Waals surface area contributed by atoms with Crippen molar-refractivity contribution in [2.45, 2.75) is 5.54 Å². The predicted octanol–water partition coefficient (Wildman–Crippen LogP) is -0.504. The summed E-state index contributed by atoms with van der Waals surface area (Å²) in [5, 5.41) is 19.3. The number of hydrogen-bond acceptors (Lipinski definition) is 4. The quantitative estimate of drug-likeness (QED) is 0.352. The normalized spacial score (nSPS) is 21.4. The van der Waals surface area contributed by atoms with Crippen LogP contribution in [0.1, 0.15) is 0 Å². The second-order valence-corrected chi connectivity index (χ2v) is 3.10. The molecule has 1 aliphatic rings. The fourth-order valence-corrected chi connectivity index (χ4v) is 1.37. The highest BCUT2D eigenvalue weighted by atomic mass is 16.6. The van der Waals surface area contributed by atoms with E-state index in [0.29, 0.717) is 19.6 Å². The molecule has 1 N–H and O–H groups in total. The van der Waals surface area contributed by atoms with Crippen LogP contribution in [0, 0.1) is 10.1 Å². The Morgan fingerprint density at radius 2 is 2.33 bits per heavy atom. The molecule has 0 unspecified atom stereocenters. The molecule has 1 fully saturated rings. The van der Waals surface area contributed by atoms with Crippen molar-refractivity contribution in [1.29, 1.82) is 0 Å². The smallest absolute Gasteiger partial charge is 0.269 e. The number of rotatable bonds is 4. The maximum Gasteiger partial charge on any atom is 0.269 e. The molecule has 0 aromatic rings. The number of nitro groups is 1. The molecule has 12 heavy (non-hydrogen) atoms. The second kappa shape index (κ2) is 3.20. The molecule has 0 aromatic heterocycles. The summed E-state index contributed by atoms with van der Waals surface area (Å²) in [5.41, 5.74) is -1.11. The summed E-state index contributed by atoms with van der Waals surface area (Å²) in [6.07, 6.45) is 1.70. The van der Waals surface area contributed by atoms with Crippen LogP contribution in [-0.4, -0.2) is 46.7 Å². The van der Waals surface area contributed by atoms with E-state index in [2.05, 4.69) is 6.58 Å². The van der Waals surface area contributed by atoms with Crippen molar-refractivity contribution in [2.75, 3.05) is 26.2 Å². The molecule has 68 valence electrons. The van der Waals surface area contributed by atoms with Gasteiger partial charge in [0, 0.05) is 11.5 Å². The van der Waals surface area contributed by atoms with Crippen LogP contribution in [0.3, 0.4) is 0 Å². The average Bonchev–Trinajstić information content (AvgIpc) is 1.95. The zero-order valence-electron chi connectivity index (χ0n) is 6.77. The van der Waals surface area contributed by atoms with Crippen molar-refractivity contribution in [3.8, 4) is 0 Å². The van der Waals surface area contributed by atoms with Crippen LogP contribution in [-0.2, 0) is 0 Å². The summed E-state index contributed by atoms with van der Waals surface area (Å²) in [5.74, 6) is 0. The topological polar surface area (TPSA) is 66.6 Å². The molecule has 0 aliphatic carbocycles. The average molecular weight is 172 g/mol. The molecular formula is C7H12N2O3. The Balaban J connectivity index is 2.46. The minimum atomic E-state index is -1.11. The maximum atomic E-state index is 10.5. The fraction of sp³-hybridized carbons (Fsp3) is 0.714. The molecule has 1 aliphatic heterocycles. The number of likely N-dealkylation sites (tertiary alicyclic amines) is 1. The first-order valence-corrected chi connectivity index (χ1v) is 3.73. The Morgan fingerprint density at radius 3 is 2.67 bits per heavy atom. The minimum absolute atomic E-state index is 0.322. The Hall–Kier alpha value is -0.940. The van der Waals surface area contributed by atoms with Crippen LogP contribution >= 0.6 is 0 Å². The molecule has 5 heteroatoms. The van der Waals surface area contributed by atoms with Crippen LogP contribution in [0.25, 0.3) is 0 Å². The van der Waals surface area contributed by atoms with Crippen LogP contribution < -0.4 is 0 Å². The van der Waals surface area contributed by atoms with E-state index in [4.69, 9.17) is 5.11 Å². The summed E-state index contributed by atoms with van der Waals surface area (Å²) in [4.78, 5) is 11.9. The Morgan fingerprint density at radius 1 is 1.75 bits per heavy atom. The Labute approximate surface area is 70.4 Å². The van der Waals surface area contributed by atoms with Gasteiger partial charge in [-0.2, -0.15) is 0 Å². The number of nitrogens with zero attached hydrogens (tertiary/aromatic N) is 2. The first kappa shape index (κ1) is 9.15. The van der Waals surface area contributed by atoms with E-state index in [1.54, 1.807) is 6.08 Å². The van der Waals surface area contributed by atoms with E-state index in [0.717, 1.165) is 0 Å². The van der Waals surface area contributed by atoms with Gasteiger partial charge in [-0.25, -0.2) is 0 Å². The van der Waals surface area contributed by atoms with Gasteiger partial charge < -0.3 is 5.11 Å². The van der Waals surface area contributed by atoms with Crippen LogP contribution in [0.4, 0.5) is 0 Å². The first-order valence-electron chi connectivity index (χ1n) is 3.73. The summed E-state index contributed by atoms with van der Waals surface area (Å²) >= 11 is 0. The van der Waals surface area contributed by atoms with E-state index >= 15 is 0 Å². The van der Waals surface area contributed by atoms with Gasteiger partial charge in [-0.1, -0.05) is 6.08 Å². The SMILES string of the molecule is C=CCN1CC(CO)([N+](=O)[O-])C1. The molecule has 0 aromatic carbocycles. The summed E-state index contributed by atoms with van der Waals surface area (Å²) < 4.78 is 0. The van der Waals surface area contributed by atoms with Gasteiger partial charge in [0.1, 0.15) is 6.61 Å². The van der Waals surface area contributed by atoms with E-state index in [-0.39, 0.29) is 6.61 Å². The zero-order chi connectivity index (χ0) is 9.19. The summed E-state index contributed by atoms with van der Waals surface area (Å²) in [7, 11) is 0. The highest BCUT2D eigenvalue weighted by Crippen LogP contribution is 2.23. The van der Waals surface area contributed by atoms with Crippen molar-refractivity contribution in [3.05, 3.63) is 22.8 Å². The third-order valence-corrected chi connectivity index (χ3v) is 2.10. The van der Waals surface area contributed by atoms with Crippen molar-refractivity contribution in [2.24, 2.45) is 0 Å². The highest BCUT2D eigenvalue weighted by molar-refractivity contribution is 4.97. The zero-order valence-corrected chi connectivity index (χ0v) is 6.77. The highest BCUT2D eigenvalue weighted by Gasteiger charge is 2.53. The van der Waals surface area contributed by atoms with E-state index in [9.17, 15) is 10.1 Å². The molecule has 0 spiro atoms. The largest absolute Gasteiger partial charge is 0.389 e. The lowest BCUT2D eigenvalue weighted by Gasteiger charge is -2.41. The molecule has 0 saturated carbocycles. The van der Waals surface area contributed by atoms with E-state index in [1.807, 2.05) is 4.90 Å². The molecular weight excluding hydrogens is 160 g/mol. The number of hydrogen-bond donors (Lipinski definition) is 1. The van der Waals surface area contributed by atoms with Gasteiger partial charge in [0.05, 0.1) is 13.1 Å².